The van der Waals surface area contributed by atoms with Crippen LogP contribution in [0.4, 0.5) is 8.78 Å². The molecule has 0 N–H and O–H groups in total. The molecule has 1 aromatic rings. The van der Waals surface area contributed by atoms with Crippen molar-refractivity contribution in [1.29, 1.82) is 5.26 Å². The highest BCUT2D eigenvalue weighted by Gasteiger charge is 2.12. The molecule has 15 heavy (non-hydrogen) atoms. The number of hydrogen-bond donors (Lipinski definition) is 0. The summed E-state index contributed by atoms with van der Waals surface area (Å²) in [4.78, 5) is 0. The standard InChI is InChI=1S/C11H11F2NO/c1-7(2)6-15-11-8(5-14)3-9(12)4-10(11)13/h3-4,7H,6H2,1-2H3. The molecule has 0 atom stereocenters. The predicted octanol–water partition coefficient (Wildman–Crippen LogP) is 2.87. The molecule has 0 aliphatic rings. The maximum absolute atomic E-state index is 13.2. The van der Waals surface area contributed by atoms with E-state index in [1.54, 1.807) is 6.07 Å². The maximum atomic E-state index is 13.2. The Morgan fingerprint density at radius 3 is 2.60 bits per heavy atom. The molecule has 0 radical (unpaired) electrons. The van der Waals surface area contributed by atoms with Gasteiger partial charge in [-0.1, -0.05) is 13.8 Å². The highest BCUT2D eigenvalue weighted by molar-refractivity contribution is 5.44. The first-order valence-corrected chi connectivity index (χ1v) is 4.56. The second kappa shape index (κ2) is 4.74. The van der Waals surface area contributed by atoms with Gasteiger partial charge in [0.1, 0.15) is 11.9 Å². The molecular formula is C11H11F2NO. The smallest absolute Gasteiger partial charge is 0.172 e. The van der Waals surface area contributed by atoms with Crippen LogP contribution in [-0.4, -0.2) is 6.61 Å². The number of benzene rings is 1. The van der Waals surface area contributed by atoms with Crippen molar-refractivity contribution in [3.05, 3.63) is 29.3 Å². The minimum atomic E-state index is -0.841. The molecule has 0 heterocycles. The zero-order valence-corrected chi connectivity index (χ0v) is 8.55. The Kier molecular flexibility index (Phi) is 3.62. The normalized spacial score (nSPS) is 10.1. The van der Waals surface area contributed by atoms with E-state index in [1.165, 1.54) is 0 Å². The highest BCUT2D eigenvalue weighted by Crippen LogP contribution is 2.24. The summed E-state index contributed by atoms with van der Waals surface area (Å²) in [5.74, 6) is -1.58. The molecule has 0 aliphatic heterocycles. The molecule has 2 nitrogen and oxygen atoms in total. The Morgan fingerprint density at radius 1 is 1.40 bits per heavy atom. The van der Waals surface area contributed by atoms with Gasteiger partial charge in [0.05, 0.1) is 12.2 Å². The zero-order valence-electron chi connectivity index (χ0n) is 8.55. The van der Waals surface area contributed by atoms with Crippen LogP contribution in [0.1, 0.15) is 19.4 Å². The molecule has 1 aromatic carbocycles. The van der Waals surface area contributed by atoms with Gasteiger partial charge in [-0.25, -0.2) is 8.78 Å². The van der Waals surface area contributed by atoms with Gasteiger partial charge in [0.15, 0.2) is 11.6 Å². The van der Waals surface area contributed by atoms with E-state index in [0.717, 1.165) is 6.07 Å². The van der Waals surface area contributed by atoms with E-state index in [4.69, 9.17) is 10.00 Å². The van der Waals surface area contributed by atoms with Crippen LogP contribution < -0.4 is 4.74 Å². The second-order valence-electron chi connectivity index (χ2n) is 3.58. The van der Waals surface area contributed by atoms with E-state index < -0.39 is 11.6 Å². The van der Waals surface area contributed by atoms with Crippen LogP contribution in [0.2, 0.25) is 0 Å². The van der Waals surface area contributed by atoms with Gasteiger partial charge in [0, 0.05) is 6.07 Å². The van der Waals surface area contributed by atoms with Crippen LogP contribution in [0.15, 0.2) is 12.1 Å². The predicted molar refractivity (Wildman–Crippen MR) is 51.4 cm³/mol. The van der Waals surface area contributed by atoms with Crippen LogP contribution in [0.5, 0.6) is 5.75 Å². The van der Waals surface area contributed by atoms with Gasteiger partial charge in [-0.3, -0.25) is 0 Å². The van der Waals surface area contributed by atoms with Gasteiger partial charge in [0.2, 0.25) is 0 Å². The fraction of sp³-hybridized carbons (Fsp3) is 0.364. The third kappa shape index (κ3) is 2.91. The summed E-state index contributed by atoms with van der Waals surface area (Å²) in [5, 5.41) is 8.67. The molecule has 0 spiro atoms. The number of nitriles is 1. The SMILES string of the molecule is CC(C)COc1c(F)cc(F)cc1C#N. The molecule has 0 fully saturated rings. The Morgan fingerprint density at radius 2 is 2.07 bits per heavy atom. The first-order valence-electron chi connectivity index (χ1n) is 4.56. The molecule has 0 bridgehead atoms. The summed E-state index contributed by atoms with van der Waals surface area (Å²) >= 11 is 0. The minimum Gasteiger partial charge on any atom is -0.489 e. The molecule has 80 valence electrons. The van der Waals surface area contributed by atoms with Crippen molar-refractivity contribution in [2.75, 3.05) is 6.61 Å². The molecule has 0 saturated heterocycles. The third-order valence-corrected chi connectivity index (χ3v) is 1.69. The lowest BCUT2D eigenvalue weighted by Gasteiger charge is -2.10. The number of ether oxygens (including phenoxy) is 1. The van der Waals surface area contributed by atoms with Crippen LogP contribution in [0, 0.1) is 28.9 Å². The largest absolute Gasteiger partial charge is 0.489 e. The lowest BCUT2D eigenvalue weighted by molar-refractivity contribution is 0.258. The van der Waals surface area contributed by atoms with E-state index in [0.29, 0.717) is 6.07 Å². The molecule has 4 heteroatoms. The first kappa shape index (κ1) is 11.4. The van der Waals surface area contributed by atoms with Gasteiger partial charge < -0.3 is 4.74 Å². The van der Waals surface area contributed by atoms with E-state index in [1.807, 2.05) is 13.8 Å². The van der Waals surface area contributed by atoms with Crippen LogP contribution in [-0.2, 0) is 0 Å². The zero-order chi connectivity index (χ0) is 11.4. The number of hydrogen-bond acceptors (Lipinski definition) is 2. The monoisotopic (exact) mass is 211 g/mol. The number of rotatable bonds is 3. The van der Waals surface area contributed by atoms with Crippen molar-refractivity contribution in [3.63, 3.8) is 0 Å². The fourth-order valence-corrected chi connectivity index (χ4v) is 1.04. The molecule has 0 amide bonds. The van der Waals surface area contributed by atoms with Crippen molar-refractivity contribution in [1.82, 2.24) is 0 Å². The Hall–Kier alpha value is -1.63. The molecule has 1 rings (SSSR count). The topological polar surface area (TPSA) is 33.0 Å². The summed E-state index contributed by atoms with van der Waals surface area (Å²) in [6, 6.07) is 3.36. The van der Waals surface area contributed by atoms with E-state index in [-0.39, 0.29) is 23.8 Å². The average molecular weight is 211 g/mol. The molecule has 0 aliphatic carbocycles. The van der Waals surface area contributed by atoms with Gasteiger partial charge >= 0.3 is 0 Å². The van der Waals surface area contributed by atoms with Crippen molar-refractivity contribution >= 4 is 0 Å². The molecule has 0 unspecified atom stereocenters. The molecule has 0 saturated carbocycles. The summed E-state index contributed by atoms with van der Waals surface area (Å²) in [6.07, 6.45) is 0. The second-order valence-corrected chi connectivity index (χ2v) is 3.58. The van der Waals surface area contributed by atoms with E-state index in [9.17, 15) is 8.78 Å². The van der Waals surface area contributed by atoms with Crippen LogP contribution >= 0.6 is 0 Å². The Balaban J connectivity index is 3.00. The number of halogens is 2. The van der Waals surface area contributed by atoms with Gasteiger partial charge in [-0.15, -0.1) is 0 Å². The first-order chi connectivity index (χ1) is 7.04. The van der Waals surface area contributed by atoms with Gasteiger partial charge in [-0.05, 0) is 12.0 Å². The van der Waals surface area contributed by atoms with Crippen LogP contribution in [0.25, 0.3) is 0 Å². The average Bonchev–Trinajstić information content (AvgIpc) is 2.14. The molecule has 0 aromatic heterocycles. The molecular weight excluding hydrogens is 200 g/mol. The van der Waals surface area contributed by atoms with Crippen molar-refractivity contribution in [2.45, 2.75) is 13.8 Å². The van der Waals surface area contributed by atoms with Gasteiger partial charge in [-0.2, -0.15) is 5.26 Å². The minimum absolute atomic E-state index is 0.117. The summed E-state index contributed by atoms with van der Waals surface area (Å²) in [5.41, 5.74) is -0.117. The van der Waals surface area contributed by atoms with Crippen molar-refractivity contribution < 1.29 is 13.5 Å². The Labute approximate surface area is 87.1 Å². The quantitative estimate of drug-likeness (QED) is 0.770. The summed E-state index contributed by atoms with van der Waals surface area (Å²) in [6.45, 7) is 4.08. The third-order valence-electron chi connectivity index (χ3n) is 1.69. The van der Waals surface area contributed by atoms with E-state index in [2.05, 4.69) is 0 Å². The lowest BCUT2D eigenvalue weighted by atomic mass is 10.2. The maximum Gasteiger partial charge on any atom is 0.172 e. The summed E-state index contributed by atoms with van der Waals surface area (Å²) < 4.78 is 31.1. The Bertz CT molecular complexity index is 396. The fourth-order valence-electron chi connectivity index (χ4n) is 1.04. The van der Waals surface area contributed by atoms with Crippen molar-refractivity contribution in [3.8, 4) is 11.8 Å². The highest BCUT2D eigenvalue weighted by atomic mass is 19.1. The van der Waals surface area contributed by atoms with E-state index >= 15 is 0 Å². The summed E-state index contributed by atoms with van der Waals surface area (Å²) in [7, 11) is 0. The van der Waals surface area contributed by atoms with Gasteiger partial charge in [0.25, 0.3) is 0 Å². The van der Waals surface area contributed by atoms with Crippen molar-refractivity contribution in [2.24, 2.45) is 5.92 Å². The number of nitrogens with zero attached hydrogens (tertiary/aromatic N) is 1. The van der Waals surface area contributed by atoms with Crippen LogP contribution in [0.3, 0.4) is 0 Å². The lowest BCUT2D eigenvalue weighted by Crippen LogP contribution is -2.07.